The van der Waals surface area contributed by atoms with Crippen LogP contribution in [0.5, 0.6) is 0 Å². The zero-order valence-electron chi connectivity index (χ0n) is 7.27. The third-order valence-electron chi connectivity index (χ3n) is 2.10. The zero-order chi connectivity index (χ0) is 9.14. The van der Waals surface area contributed by atoms with Crippen molar-refractivity contribution in [2.75, 3.05) is 0 Å². The molecule has 0 radical (unpaired) electrons. The summed E-state index contributed by atoms with van der Waals surface area (Å²) < 4.78 is 2.40. The van der Waals surface area contributed by atoms with Crippen molar-refractivity contribution in [3.63, 3.8) is 0 Å². The summed E-state index contributed by atoms with van der Waals surface area (Å²) in [7, 11) is 0. The van der Waals surface area contributed by atoms with Crippen molar-refractivity contribution in [2.45, 2.75) is 26.2 Å². The first-order valence-electron chi connectivity index (χ1n) is 4.10. The van der Waals surface area contributed by atoms with Crippen LogP contribution < -0.4 is 0 Å². The van der Waals surface area contributed by atoms with Gasteiger partial charge in [0.25, 0.3) is 0 Å². The van der Waals surface area contributed by atoms with Gasteiger partial charge in [-0.2, -0.15) is 0 Å². The highest BCUT2D eigenvalue weighted by Gasteiger charge is 2.10. The molecule has 0 fully saturated rings. The fourth-order valence-electron chi connectivity index (χ4n) is 1.19. The molecule has 0 spiro atoms. The van der Waals surface area contributed by atoms with Gasteiger partial charge in [0, 0.05) is 8.95 Å². The van der Waals surface area contributed by atoms with Crippen LogP contribution in [0.25, 0.3) is 0 Å². The van der Waals surface area contributed by atoms with Gasteiger partial charge in [0.2, 0.25) is 0 Å². The molecule has 0 aliphatic heterocycles. The molecule has 0 N–H and O–H groups in total. The van der Waals surface area contributed by atoms with E-state index in [0.717, 1.165) is 0 Å². The molecule has 1 unspecified atom stereocenters. The first-order chi connectivity index (χ1) is 5.66. The lowest BCUT2D eigenvalue weighted by Gasteiger charge is -2.13. The quantitative estimate of drug-likeness (QED) is 0.739. The maximum atomic E-state index is 3.56. The smallest absolute Gasteiger partial charge is 0.0221 e. The molecule has 0 bridgehead atoms. The van der Waals surface area contributed by atoms with Gasteiger partial charge < -0.3 is 0 Å². The number of hydrogen-bond acceptors (Lipinski definition) is 0. The Bertz CT molecular complexity index is 248. The number of rotatable bonds is 2. The molecule has 0 saturated heterocycles. The predicted octanol–water partition coefficient (Wildman–Crippen LogP) is 4.73. The van der Waals surface area contributed by atoms with E-state index in [-0.39, 0.29) is 0 Å². The van der Waals surface area contributed by atoms with E-state index < -0.39 is 0 Å². The minimum absolute atomic E-state index is 0.606. The lowest BCUT2D eigenvalue weighted by Crippen LogP contribution is -1.93. The van der Waals surface area contributed by atoms with E-state index in [4.69, 9.17) is 0 Å². The van der Waals surface area contributed by atoms with E-state index >= 15 is 0 Å². The summed E-state index contributed by atoms with van der Waals surface area (Å²) in [4.78, 5) is 0. The van der Waals surface area contributed by atoms with Gasteiger partial charge in [-0.3, -0.25) is 0 Å². The Hall–Kier alpha value is 0.180. The van der Waals surface area contributed by atoms with E-state index in [1.165, 1.54) is 20.9 Å². The molecule has 1 atom stereocenters. The third-order valence-corrected chi connectivity index (χ3v) is 3.49. The van der Waals surface area contributed by atoms with Gasteiger partial charge in [0.1, 0.15) is 0 Å². The second-order valence-corrected chi connectivity index (χ2v) is 4.65. The predicted molar refractivity (Wildman–Crippen MR) is 60.5 cm³/mol. The topological polar surface area (TPSA) is 0 Å². The summed E-state index contributed by atoms with van der Waals surface area (Å²) in [6.07, 6.45) is 1.17. The third kappa shape index (κ3) is 2.11. The number of benzene rings is 1. The van der Waals surface area contributed by atoms with Crippen LogP contribution in [-0.4, -0.2) is 0 Å². The highest BCUT2D eigenvalue weighted by atomic mass is 79.9. The van der Waals surface area contributed by atoms with E-state index in [1.807, 2.05) is 6.07 Å². The minimum atomic E-state index is 0.606. The summed E-state index contributed by atoms with van der Waals surface area (Å²) in [5, 5.41) is 0. The molecule has 1 aromatic rings. The van der Waals surface area contributed by atoms with Crippen molar-refractivity contribution >= 4 is 31.9 Å². The lowest BCUT2D eigenvalue weighted by molar-refractivity contribution is 0.726. The molecule has 0 heterocycles. The van der Waals surface area contributed by atoms with Crippen molar-refractivity contribution in [2.24, 2.45) is 0 Å². The second kappa shape index (κ2) is 4.43. The average molecular weight is 292 g/mol. The fraction of sp³-hybridized carbons (Fsp3) is 0.400. The normalized spacial score (nSPS) is 13.0. The van der Waals surface area contributed by atoms with Crippen LogP contribution in [0.15, 0.2) is 27.1 Å². The molecule has 2 heteroatoms. The first kappa shape index (κ1) is 10.3. The second-order valence-electron chi connectivity index (χ2n) is 2.94. The molecule has 0 aliphatic rings. The van der Waals surface area contributed by atoms with E-state index in [1.54, 1.807) is 0 Å². The summed E-state index contributed by atoms with van der Waals surface area (Å²) in [6, 6.07) is 6.22. The Morgan fingerprint density at radius 3 is 2.17 bits per heavy atom. The van der Waals surface area contributed by atoms with Gasteiger partial charge in [-0.15, -0.1) is 0 Å². The van der Waals surface area contributed by atoms with Crippen LogP contribution >= 0.6 is 31.9 Å². The van der Waals surface area contributed by atoms with Crippen LogP contribution in [0.4, 0.5) is 0 Å². The molecule has 1 aromatic carbocycles. The minimum Gasteiger partial charge on any atom is -0.0648 e. The number of halogens is 2. The van der Waals surface area contributed by atoms with Crippen LogP contribution in [-0.2, 0) is 0 Å². The number of hydrogen-bond donors (Lipinski definition) is 0. The first-order valence-corrected chi connectivity index (χ1v) is 5.69. The molecule has 1 rings (SSSR count). The molecule has 12 heavy (non-hydrogen) atoms. The maximum absolute atomic E-state index is 3.56. The molecule has 66 valence electrons. The largest absolute Gasteiger partial charge is 0.0648 e. The van der Waals surface area contributed by atoms with Crippen LogP contribution in [0.1, 0.15) is 31.7 Å². The van der Waals surface area contributed by atoms with Gasteiger partial charge >= 0.3 is 0 Å². The Balaban J connectivity index is 3.12. The van der Waals surface area contributed by atoms with Gasteiger partial charge in [-0.1, -0.05) is 51.8 Å². The summed E-state index contributed by atoms with van der Waals surface area (Å²) in [6.45, 7) is 4.45. The average Bonchev–Trinajstić information content (AvgIpc) is 2.03. The molecule has 0 saturated carbocycles. The maximum Gasteiger partial charge on any atom is 0.0221 e. The SMILES string of the molecule is CCC(C)c1c(Br)cccc1Br. The van der Waals surface area contributed by atoms with E-state index in [9.17, 15) is 0 Å². The van der Waals surface area contributed by atoms with Gasteiger partial charge in [0.15, 0.2) is 0 Å². The molecule has 0 aliphatic carbocycles. The zero-order valence-corrected chi connectivity index (χ0v) is 10.4. The van der Waals surface area contributed by atoms with E-state index in [0.29, 0.717) is 5.92 Å². The highest BCUT2D eigenvalue weighted by molar-refractivity contribution is 9.11. The van der Waals surface area contributed by atoms with Crippen LogP contribution in [0, 0.1) is 0 Å². The Morgan fingerprint density at radius 1 is 1.25 bits per heavy atom. The summed E-state index contributed by atoms with van der Waals surface area (Å²) in [5.41, 5.74) is 1.38. The monoisotopic (exact) mass is 290 g/mol. The molecular weight excluding hydrogens is 280 g/mol. The van der Waals surface area contributed by atoms with Crippen LogP contribution in [0.2, 0.25) is 0 Å². The van der Waals surface area contributed by atoms with Crippen molar-refractivity contribution in [1.82, 2.24) is 0 Å². The molecular formula is C10H12Br2. The van der Waals surface area contributed by atoms with Crippen molar-refractivity contribution in [3.05, 3.63) is 32.7 Å². The van der Waals surface area contributed by atoms with Crippen molar-refractivity contribution < 1.29 is 0 Å². The Kier molecular flexibility index (Phi) is 3.78. The standard InChI is InChI=1S/C10H12Br2/c1-3-7(2)10-8(11)5-4-6-9(10)12/h4-7H,3H2,1-2H3. The Morgan fingerprint density at radius 2 is 1.75 bits per heavy atom. The van der Waals surface area contributed by atoms with Crippen LogP contribution in [0.3, 0.4) is 0 Å². The molecule has 0 aromatic heterocycles. The summed E-state index contributed by atoms with van der Waals surface area (Å²) in [5.74, 6) is 0.606. The highest BCUT2D eigenvalue weighted by Crippen LogP contribution is 2.33. The molecule has 0 nitrogen and oxygen atoms in total. The van der Waals surface area contributed by atoms with Crippen molar-refractivity contribution in [1.29, 1.82) is 0 Å². The molecule has 0 amide bonds. The van der Waals surface area contributed by atoms with E-state index in [2.05, 4.69) is 57.8 Å². The van der Waals surface area contributed by atoms with Gasteiger partial charge in [-0.05, 0) is 30.0 Å². The van der Waals surface area contributed by atoms with Gasteiger partial charge in [0.05, 0.1) is 0 Å². The lowest BCUT2D eigenvalue weighted by atomic mass is 9.99. The van der Waals surface area contributed by atoms with Gasteiger partial charge in [-0.25, -0.2) is 0 Å². The van der Waals surface area contributed by atoms with Crippen molar-refractivity contribution in [3.8, 4) is 0 Å². The summed E-state index contributed by atoms with van der Waals surface area (Å²) >= 11 is 7.12. The Labute approximate surface area is 90.6 Å². The fourth-order valence-corrected chi connectivity index (χ4v) is 2.97.